The van der Waals surface area contributed by atoms with E-state index in [1.807, 2.05) is 77.9 Å². The first-order valence-electron chi connectivity index (χ1n) is 26.2. The van der Waals surface area contributed by atoms with Crippen LogP contribution in [0.2, 0.25) is 0 Å². The van der Waals surface area contributed by atoms with E-state index in [1.54, 1.807) is 40.7 Å². The maximum atomic E-state index is 14.7. The maximum absolute atomic E-state index is 14.7. The van der Waals surface area contributed by atoms with Gasteiger partial charge < -0.3 is 33.9 Å². The molecule has 3 aliphatic rings. The van der Waals surface area contributed by atoms with Gasteiger partial charge >= 0.3 is 12.2 Å². The molecule has 4 atom stereocenters. The van der Waals surface area contributed by atoms with E-state index in [0.717, 1.165) is 39.4 Å². The van der Waals surface area contributed by atoms with Crippen molar-refractivity contribution in [3.05, 3.63) is 124 Å². The topological polar surface area (TPSA) is 190 Å². The number of thiazole rings is 1. The number of aromatic nitrogens is 1. The summed E-state index contributed by atoms with van der Waals surface area (Å²) in [6, 6.07) is 22.2. The molecule has 1 aliphatic carbocycles. The number of carbonyl (C=O) groups excluding carboxylic acids is 5. The van der Waals surface area contributed by atoms with Crippen LogP contribution in [0.5, 0.6) is 11.5 Å². The second-order valence-electron chi connectivity index (χ2n) is 21.6. The molecule has 2 unspecified atom stereocenters. The van der Waals surface area contributed by atoms with Crippen LogP contribution < -0.4 is 24.6 Å². The zero-order valence-corrected chi connectivity index (χ0v) is 46.3. The van der Waals surface area contributed by atoms with E-state index in [0.29, 0.717) is 53.1 Å². The van der Waals surface area contributed by atoms with Gasteiger partial charge in [-0.3, -0.25) is 24.1 Å². The summed E-state index contributed by atoms with van der Waals surface area (Å²) in [6.45, 7) is 16.4. The molecule has 1 aromatic heterocycles. The van der Waals surface area contributed by atoms with E-state index in [2.05, 4.69) is 10.3 Å². The minimum atomic E-state index is -4.88. The standard InChI is InChI=1S/C59H65F3N6O10S/c1-35(2)50(66-33-40-11-9-10-12-45(40)54(66)71)51(69)46-29-44(78-57(4,5)6)30-47(46)53(70)64-32-39-14-13-37(52-36(3)65-34-79-52)27-49(39)77-26-24-75-22-21-74-23-25-76-43-19-17-41(18-20-43)68-56(73)67(55(72)58(68,7)8)42-16-15-38(31-63)48(28-42)59(60,61)62/h9-20,27-28,34-35,44,46-47,50H,21-26,29-30,32-33H2,1-8H3,(H,64,70)/t44-,46?,47-,50?/m1/s1. The number of ketones is 1. The quantitative estimate of drug-likeness (QED) is 0.0511. The maximum Gasteiger partial charge on any atom is 0.417 e. The molecule has 1 saturated carbocycles. The number of nitriles is 1. The van der Waals surface area contributed by atoms with E-state index in [-0.39, 0.29) is 81.5 Å². The van der Waals surface area contributed by atoms with Gasteiger partial charge in [-0.15, -0.1) is 11.3 Å². The number of imide groups is 1. The number of alkyl halides is 3. The number of halogens is 3. The monoisotopic (exact) mass is 1110 g/mol. The highest BCUT2D eigenvalue weighted by Gasteiger charge is 2.53. The van der Waals surface area contributed by atoms with Crippen molar-refractivity contribution in [1.82, 2.24) is 15.2 Å². The average Bonchev–Trinajstić information content (AvgIpc) is 4.30. The molecule has 4 aromatic carbocycles. The number of hydrogen-bond acceptors (Lipinski definition) is 13. The van der Waals surface area contributed by atoms with Gasteiger partial charge in [-0.05, 0) is 126 Å². The first kappa shape index (κ1) is 58.0. The van der Waals surface area contributed by atoms with E-state index >= 15 is 0 Å². The lowest BCUT2D eigenvalue weighted by Gasteiger charge is -2.33. The van der Waals surface area contributed by atoms with Crippen LogP contribution >= 0.6 is 11.3 Å². The Labute approximate surface area is 461 Å². The van der Waals surface area contributed by atoms with Crippen LogP contribution in [0.15, 0.2) is 90.4 Å². The van der Waals surface area contributed by atoms with Crippen LogP contribution in [-0.4, -0.2) is 102 Å². The molecule has 0 bridgehead atoms. The van der Waals surface area contributed by atoms with Crippen molar-refractivity contribution in [3.63, 3.8) is 0 Å². The molecule has 3 heterocycles. The van der Waals surface area contributed by atoms with Crippen molar-refractivity contribution in [3.8, 4) is 28.0 Å². The summed E-state index contributed by atoms with van der Waals surface area (Å²) in [5.74, 6) is -1.88. The Morgan fingerprint density at radius 2 is 1.52 bits per heavy atom. The van der Waals surface area contributed by atoms with Crippen LogP contribution in [0.4, 0.5) is 29.3 Å². The molecule has 16 nitrogen and oxygen atoms in total. The fourth-order valence-corrected chi connectivity index (χ4v) is 11.3. The minimum Gasteiger partial charge on any atom is -0.491 e. The van der Waals surface area contributed by atoms with Gasteiger partial charge in [-0.2, -0.15) is 18.4 Å². The van der Waals surface area contributed by atoms with Crippen LogP contribution in [0.3, 0.4) is 0 Å². The number of fused-ring (bicyclic) bond motifs is 1. The molecule has 1 N–H and O–H groups in total. The summed E-state index contributed by atoms with van der Waals surface area (Å²) in [5, 5.41) is 12.3. The molecular formula is C59H65F3N6O10S. The van der Waals surface area contributed by atoms with E-state index in [1.165, 1.54) is 36.2 Å². The number of urea groups is 1. The number of hydrogen-bond donors (Lipinski definition) is 1. The Balaban J connectivity index is 0.821. The Bertz CT molecular complexity index is 3110. The fourth-order valence-electron chi connectivity index (χ4n) is 10.5. The zero-order chi connectivity index (χ0) is 57.0. The number of nitrogens with zero attached hydrogens (tertiary/aromatic N) is 5. The van der Waals surface area contributed by atoms with Gasteiger partial charge in [0.05, 0.1) is 89.1 Å². The molecule has 0 radical (unpaired) electrons. The number of rotatable bonds is 22. The highest BCUT2D eigenvalue weighted by atomic mass is 32.1. The normalized spacial score (nSPS) is 18.5. The summed E-state index contributed by atoms with van der Waals surface area (Å²) in [5.41, 5.74) is 1.93. The summed E-state index contributed by atoms with van der Waals surface area (Å²) >= 11 is 1.51. The van der Waals surface area contributed by atoms with E-state index < -0.39 is 58.3 Å². The van der Waals surface area contributed by atoms with Crippen molar-refractivity contribution in [2.24, 2.45) is 17.8 Å². The van der Waals surface area contributed by atoms with Crippen LogP contribution in [0.1, 0.15) is 99.6 Å². The van der Waals surface area contributed by atoms with Crippen molar-refractivity contribution in [1.29, 1.82) is 5.26 Å². The number of amides is 5. The lowest BCUT2D eigenvalue weighted by atomic mass is 9.83. The number of nitrogens with one attached hydrogen (secondary N) is 1. The van der Waals surface area contributed by atoms with Gasteiger partial charge in [0.2, 0.25) is 5.91 Å². The van der Waals surface area contributed by atoms with Crippen molar-refractivity contribution >= 4 is 52.2 Å². The molecule has 2 fully saturated rings. The zero-order valence-electron chi connectivity index (χ0n) is 45.5. The smallest absolute Gasteiger partial charge is 0.417 e. The number of carbonyl (C=O) groups is 5. The van der Waals surface area contributed by atoms with E-state index in [4.69, 9.17) is 23.7 Å². The second kappa shape index (κ2) is 24.0. The van der Waals surface area contributed by atoms with Gasteiger partial charge in [0.25, 0.3) is 11.8 Å². The summed E-state index contributed by atoms with van der Waals surface area (Å²) in [6.07, 6.45) is -4.49. The SMILES string of the molecule is Cc1ncsc1-c1ccc(CNC(=O)[C@@H]2C[C@H](OC(C)(C)C)CC2C(=O)C(C(C)C)N2Cc3ccccc3C2=O)c(OCCOCCOCCOc2ccc(N3C(=O)N(c4ccc(C#N)c(C(F)(F)F)c4)C(=O)C3(C)C)cc2)c1. The van der Waals surface area contributed by atoms with Crippen LogP contribution in [-0.2, 0) is 47.9 Å². The molecular weight excluding hydrogens is 1040 g/mol. The number of anilines is 2. The third-order valence-corrected chi connectivity index (χ3v) is 15.2. The largest absolute Gasteiger partial charge is 0.491 e. The third-order valence-electron chi connectivity index (χ3n) is 14.2. The summed E-state index contributed by atoms with van der Waals surface area (Å²) in [7, 11) is 0. The molecule has 5 aromatic rings. The highest BCUT2D eigenvalue weighted by Crippen LogP contribution is 2.42. The molecule has 2 aliphatic heterocycles. The van der Waals surface area contributed by atoms with Crippen LogP contribution in [0, 0.1) is 36.0 Å². The number of benzene rings is 4. The lowest BCUT2D eigenvalue weighted by molar-refractivity contribution is -0.137. The van der Waals surface area contributed by atoms with E-state index in [9.17, 15) is 42.4 Å². The van der Waals surface area contributed by atoms with Gasteiger partial charge in [-0.25, -0.2) is 14.7 Å². The van der Waals surface area contributed by atoms with Gasteiger partial charge in [-0.1, -0.05) is 44.2 Å². The van der Waals surface area contributed by atoms with Crippen molar-refractivity contribution in [2.45, 2.75) is 111 Å². The molecule has 418 valence electrons. The van der Waals surface area contributed by atoms with Crippen LogP contribution in [0.25, 0.3) is 10.4 Å². The average molecular weight is 1110 g/mol. The van der Waals surface area contributed by atoms with Crippen molar-refractivity contribution < 1.29 is 60.8 Å². The minimum absolute atomic E-state index is 0.126. The first-order chi connectivity index (χ1) is 37.5. The predicted octanol–water partition coefficient (Wildman–Crippen LogP) is 10.3. The molecule has 1 saturated heterocycles. The predicted molar refractivity (Wildman–Crippen MR) is 290 cm³/mol. The Morgan fingerprint density at radius 1 is 0.861 bits per heavy atom. The highest BCUT2D eigenvalue weighted by molar-refractivity contribution is 7.13. The molecule has 20 heteroatoms. The Morgan fingerprint density at radius 3 is 2.15 bits per heavy atom. The molecule has 79 heavy (non-hydrogen) atoms. The Hall–Kier alpha value is -7.18. The summed E-state index contributed by atoms with van der Waals surface area (Å²) < 4.78 is 71.3. The van der Waals surface area contributed by atoms with Gasteiger partial charge in [0.15, 0.2) is 5.78 Å². The molecule has 8 rings (SSSR count). The number of ether oxygens (including phenoxy) is 5. The lowest BCUT2D eigenvalue weighted by Crippen LogP contribution is -2.49. The van der Waals surface area contributed by atoms with Crippen molar-refractivity contribution in [2.75, 3.05) is 49.4 Å². The second-order valence-corrected chi connectivity index (χ2v) is 22.5. The first-order valence-corrected chi connectivity index (χ1v) is 27.1. The Kier molecular flexibility index (Phi) is 17.6. The third kappa shape index (κ3) is 13.0. The molecule has 0 spiro atoms. The number of Topliss-reactive ketones (excluding diaryl/α,β-unsaturated/α-hetero) is 1. The molecule has 5 amide bonds. The van der Waals surface area contributed by atoms with Gasteiger partial charge in [0.1, 0.15) is 30.3 Å². The van der Waals surface area contributed by atoms with Gasteiger partial charge in [0, 0.05) is 35.8 Å². The summed E-state index contributed by atoms with van der Waals surface area (Å²) in [4.78, 5) is 78.8. The fraction of sp³-hybridized carbons (Fsp3) is 0.441. The number of aryl methyl sites for hydroxylation is 1.